The Labute approximate surface area is 183 Å². The van der Waals surface area contributed by atoms with E-state index in [4.69, 9.17) is 9.98 Å². The molecule has 5 heteroatoms. The number of para-hydroxylation sites is 1. The van der Waals surface area contributed by atoms with Crippen LogP contribution in [0.25, 0.3) is 0 Å². The number of benzene rings is 3. The number of anilines is 3. The smallest absolute Gasteiger partial charge is 0.155 e. The van der Waals surface area contributed by atoms with Crippen LogP contribution in [0.1, 0.15) is 5.56 Å². The van der Waals surface area contributed by atoms with Crippen LogP contribution in [0.3, 0.4) is 0 Å². The highest BCUT2D eigenvalue weighted by molar-refractivity contribution is 6.53. The highest BCUT2D eigenvalue weighted by atomic mass is 15.3. The van der Waals surface area contributed by atoms with Crippen molar-refractivity contribution in [3.8, 4) is 0 Å². The molecule has 31 heavy (non-hydrogen) atoms. The first kappa shape index (κ1) is 18.2. The van der Waals surface area contributed by atoms with Crippen molar-refractivity contribution in [2.24, 2.45) is 9.98 Å². The molecule has 3 aromatic carbocycles. The van der Waals surface area contributed by atoms with E-state index < -0.39 is 0 Å². The summed E-state index contributed by atoms with van der Waals surface area (Å²) < 4.78 is 0. The molecule has 3 aliphatic rings. The number of amidine groups is 1. The first-order chi connectivity index (χ1) is 15.4. The third kappa shape index (κ3) is 3.26. The summed E-state index contributed by atoms with van der Waals surface area (Å²) in [4.78, 5) is 17.1. The minimum absolute atomic E-state index is 0.820. The van der Waals surface area contributed by atoms with Crippen molar-refractivity contribution in [3.63, 3.8) is 0 Å². The molecule has 154 valence electrons. The summed E-state index contributed by atoms with van der Waals surface area (Å²) in [5.41, 5.74) is 6.91. The van der Waals surface area contributed by atoms with E-state index in [-0.39, 0.29) is 0 Å². The molecule has 3 aliphatic heterocycles. The summed E-state index contributed by atoms with van der Waals surface area (Å²) in [6.07, 6.45) is 0. The van der Waals surface area contributed by atoms with Gasteiger partial charge in [-0.25, -0.2) is 4.99 Å². The quantitative estimate of drug-likeness (QED) is 0.647. The first-order valence-electron chi connectivity index (χ1n) is 11.0. The van der Waals surface area contributed by atoms with E-state index in [2.05, 4.69) is 87.5 Å². The van der Waals surface area contributed by atoms with Gasteiger partial charge < -0.3 is 14.7 Å². The topological polar surface area (TPSA) is 34.4 Å². The van der Waals surface area contributed by atoms with Gasteiger partial charge in [-0.2, -0.15) is 0 Å². The summed E-state index contributed by atoms with van der Waals surface area (Å²) in [5, 5.41) is 0. The van der Waals surface area contributed by atoms with Crippen LogP contribution in [-0.2, 0) is 0 Å². The average Bonchev–Trinajstić information content (AvgIpc) is 3.35. The molecule has 0 saturated carbocycles. The van der Waals surface area contributed by atoms with Gasteiger partial charge in [-0.3, -0.25) is 4.99 Å². The minimum Gasteiger partial charge on any atom is -0.368 e. The molecule has 5 nitrogen and oxygen atoms in total. The van der Waals surface area contributed by atoms with Crippen LogP contribution in [0.4, 0.5) is 22.7 Å². The fourth-order valence-electron chi connectivity index (χ4n) is 4.73. The molecular weight excluding hydrogens is 382 g/mol. The molecule has 1 saturated heterocycles. The van der Waals surface area contributed by atoms with Crippen LogP contribution in [0.15, 0.2) is 88.8 Å². The van der Waals surface area contributed by atoms with Gasteiger partial charge in [-0.1, -0.05) is 48.5 Å². The summed E-state index contributed by atoms with van der Waals surface area (Å²) >= 11 is 0. The Hall–Kier alpha value is -3.60. The Morgan fingerprint density at radius 2 is 1.32 bits per heavy atom. The lowest BCUT2D eigenvalue weighted by Crippen LogP contribution is -2.46. The molecule has 0 spiro atoms. The highest BCUT2D eigenvalue weighted by Crippen LogP contribution is 2.38. The van der Waals surface area contributed by atoms with Crippen LogP contribution in [-0.4, -0.2) is 50.8 Å². The van der Waals surface area contributed by atoms with E-state index in [0.717, 1.165) is 62.1 Å². The van der Waals surface area contributed by atoms with Gasteiger partial charge in [0.1, 0.15) is 5.71 Å². The molecule has 3 heterocycles. The molecule has 0 aliphatic carbocycles. The van der Waals surface area contributed by atoms with Crippen molar-refractivity contribution >= 4 is 34.3 Å². The highest BCUT2D eigenvalue weighted by Gasteiger charge is 2.31. The van der Waals surface area contributed by atoms with E-state index in [9.17, 15) is 0 Å². The monoisotopic (exact) mass is 407 g/mol. The van der Waals surface area contributed by atoms with Crippen molar-refractivity contribution in [2.75, 3.05) is 54.0 Å². The van der Waals surface area contributed by atoms with Gasteiger partial charge in [0.25, 0.3) is 0 Å². The Balaban J connectivity index is 1.27. The molecule has 0 N–H and O–H groups in total. The largest absolute Gasteiger partial charge is 0.368 e. The number of hydrogen-bond acceptors (Lipinski definition) is 5. The van der Waals surface area contributed by atoms with Crippen molar-refractivity contribution < 1.29 is 0 Å². The maximum absolute atomic E-state index is 5.01. The Morgan fingerprint density at radius 3 is 2.06 bits per heavy atom. The van der Waals surface area contributed by atoms with Crippen molar-refractivity contribution in [1.29, 1.82) is 0 Å². The molecule has 0 bridgehead atoms. The first-order valence-corrected chi connectivity index (χ1v) is 11.0. The SMILES string of the molecule is c1ccc(C2=Nc3ccc(N4CCN(c5ccccc5)CC4)cc3N3CCN=C23)cc1. The van der Waals surface area contributed by atoms with Crippen LogP contribution in [0, 0.1) is 0 Å². The van der Waals surface area contributed by atoms with Crippen molar-refractivity contribution in [1.82, 2.24) is 0 Å². The van der Waals surface area contributed by atoms with Gasteiger partial charge in [0.2, 0.25) is 0 Å². The van der Waals surface area contributed by atoms with Crippen LogP contribution < -0.4 is 14.7 Å². The predicted octanol–water partition coefficient (Wildman–Crippen LogP) is 4.37. The maximum Gasteiger partial charge on any atom is 0.155 e. The number of piperazine rings is 1. The zero-order valence-electron chi connectivity index (χ0n) is 17.5. The molecule has 6 rings (SSSR count). The Kier molecular flexibility index (Phi) is 4.45. The summed E-state index contributed by atoms with van der Waals surface area (Å²) in [5.74, 6) is 1.00. The lowest BCUT2D eigenvalue weighted by atomic mass is 10.0. The average molecular weight is 408 g/mol. The Bertz CT molecular complexity index is 1140. The second-order valence-electron chi connectivity index (χ2n) is 8.17. The number of hydrogen-bond donors (Lipinski definition) is 0. The normalized spacial score (nSPS) is 17.7. The van der Waals surface area contributed by atoms with E-state index in [0.29, 0.717) is 0 Å². The van der Waals surface area contributed by atoms with Crippen molar-refractivity contribution in [3.05, 3.63) is 84.4 Å². The zero-order chi connectivity index (χ0) is 20.6. The molecule has 1 fully saturated rings. The van der Waals surface area contributed by atoms with Gasteiger partial charge >= 0.3 is 0 Å². The molecule has 0 radical (unpaired) electrons. The van der Waals surface area contributed by atoms with E-state index in [1.54, 1.807) is 0 Å². The molecule has 0 aromatic heterocycles. The summed E-state index contributed by atoms with van der Waals surface area (Å²) in [6, 6.07) is 27.8. The lowest BCUT2D eigenvalue weighted by molar-refractivity contribution is 0.653. The number of fused-ring (bicyclic) bond motifs is 3. The summed E-state index contributed by atoms with van der Waals surface area (Å²) in [6.45, 7) is 5.85. The third-order valence-corrected chi connectivity index (χ3v) is 6.35. The predicted molar refractivity (Wildman–Crippen MR) is 130 cm³/mol. The van der Waals surface area contributed by atoms with Gasteiger partial charge in [0.15, 0.2) is 5.84 Å². The van der Waals surface area contributed by atoms with Crippen LogP contribution >= 0.6 is 0 Å². The van der Waals surface area contributed by atoms with E-state index in [1.807, 2.05) is 6.07 Å². The van der Waals surface area contributed by atoms with Gasteiger partial charge in [0.05, 0.1) is 17.9 Å². The van der Waals surface area contributed by atoms with E-state index in [1.165, 1.54) is 17.1 Å². The van der Waals surface area contributed by atoms with Gasteiger partial charge in [-0.15, -0.1) is 0 Å². The zero-order valence-corrected chi connectivity index (χ0v) is 17.5. The molecule has 0 amide bonds. The lowest BCUT2D eigenvalue weighted by Gasteiger charge is -2.38. The van der Waals surface area contributed by atoms with Gasteiger partial charge in [-0.05, 0) is 30.3 Å². The van der Waals surface area contributed by atoms with Crippen LogP contribution in [0.5, 0.6) is 0 Å². The minimum atomic E-state index is 0.820. The van der Waals surface area contributed by atoms with Crippen molar-refractivity contribution in [2.45, 2.75) is 0 Å². The molecular formula is C26H25N5. The second kappa shape index (κ2) is 7.58. The number of rotatable bonds is 3. The Morgan fingerprint density at radius 1 is 0.645 bits per heavy atom. The maximum atomic E-state index is 5.01. The molecule has 0 unspecified atom stereocenters. The standard InChI is InChI=1S/C26H25N5/c1-3-7-20(8-4-1)25-26-27-13-14-31(26)24-19-22(11-12-23(24)28-25)30-17-15-29(16-18-30)21-9-5-2-6-10-21/h1-12,19H,13-18H2. The fraction of sp³-hybridized carbons (Fsp3) is 0.231. The number of nitrogens with zero attached hydrogens (tertiary/aromatic N) is 5. The summed E-state index contributed by atoms with van der Waals surface area (Å²) in [7, 11) is 0. The van der Waals surface area contributed by atoms with E-state index >= 15 is 0 Å². The molecule has 3 aromatic rings. The fourth-order valence-corrected chi connectivity index (χ4v) is 4.73. The number of aliphatic imine (C=N–C) groups is 2. The van der Waals surface area contributed by atoms with Gasteiger partial charge in [0, 0.05) is 49.7 Å². The third-order valence-electron chi connectivity index (χ3n) is 6.35. The molecule has 0 atom stereocenters. The van der Waals surface area contributed by atoms with Crippen LogP contribution in [0.2, 0.25) is 0 Å². The second-order valence-corrected chi connectivity index (χ2v) is 8.17.